The molecule has 2 amide bonds. The van der Waals surface area contributed by atoms with Crippen molar-refractivity contribution in [1.29, 1.82) is 0 Å². The molecule has 0 fully saturated rings. The topological polar surface area (TPSA) is 351 Å². The molecule has 12 rings (SSSR count). The largest absolute Gasteiger partial charge is 0.573 e. The maximum absolute atomic E-state index is 13.9. The molecule has 0 aliphatic carbocycles. The molecule has 0 bridgehead atoms. The molecule has 26 nitrogen and oxygen atoms in total. The summed E-state index contributed by atoms with van der Waals surface area (Å²) in [6.07, 6.45) is -29.4. The molecule has 2 unspecified atom stereocenters. The van der Waals surface area contributed by atoms with E-state index in [4.69, 9.17) is 0 Å². The third-order valence-corrected chi connectivity index (χ3v) is 24.3. The van der Waals surface area contributed by atoms with Crippen LogP contribution in [0.25, 0.3) is 5.57 Å². The molecule has 9 aromatic rings. The van der Waals surface area contributed by atoms with Crippen molar-refractivity contribution in [2.45, 2.75) is 125 Å². The summed E-state index contributed by atoms with van der Waals surface area (Å²) in [6.45, 7) is 7.61. The highest BCUT2D eigenvalue weighted by atomic mass is 32.2. The number of hydrogen-bond acceptors (Lipinski definition) is 20. The fraction of sp³-hybridized carbons (Fsp3) is 0.273. The predicted molar refractivity (Wildman–Crippen MR) is 408 cm³/mol. The lowest BCUT2D eigenvalue weighted by Gasteiger charge is -2.32. The molecule has 3 aromatic heterocycles. The standard InChI is InChI=1S/C26H24F6N4O5S.C26H22F6N4O4S.C25H21F6N3O6S/c1-14(2)24(38,23(37)33-3)16-5-10-19-20(12-16)36(13-15-4-11-21(25(27,28)29)35-22(15)34-19)42(39,40)18-8-6-17(7-9-18)41-26(30,31)32;1-14(2)22(24(37)33-3)15-4-10-19-20(12-15)36(13-16-5-11-21(25(27,28)29)35-23(16)34-19)41(38,39)18-8-6-17(7-9-18)40-26(30,31)32;1-13(2)23(37,22(35)36)15-4-9-18-19(11-15)34(12-14-3-10-20(24(26,27)28)33-21(14)32-18)41(38,39)17-7-5-16(6-8-17)40-25(29,30)31/h4-12,14,38H,13H2,1-3H3,(H,33,37)(H,34,35);4-12H,13H2,1-3H3,(H,33,37)(H,34,35);3-11,13,37H,12H2,1-2H3,(H,32,33)(H,35,36). The molecule has 47 heteroatoms. The zero-order valence-corrected chi connectivity index (χ0v) is 67.3. The van der Waals surface area contributed by atoms with E-state index in [0.29, 0.717) is 29.3 Å². The zero-order chi connectivity index (χ0) is 92.1. The second-order valence-corrected chi connectivity index (χ2v) is 33.5. The number of benzene rings is 6. The monoisotopic (exact) mass is 1820 g/mol. The molecule has 6 heterocycles. The first-order chi connectivity index (χ1) is 57.2. The number of allylic oxidation sites excluding steroid dienone is 1. The highest BCUT2D eigenvalue weighted by Gasteiger charge is 2.47. The number of halogens is 18. The normalized spacial score (nSPS) is 14.6. The van der Waals surface area contributed by atoms with E-state index in [0.717, 1.165) is 110 Å². The smallest absolute Gasteiger partial charge is 0.479 e. The van der Waals surface area contributed by atoms with Crippen LogP contribution in [0.2, 0.25) is 0 Å². The number of carboxylic acids is 1. The highest BCUT2D eigenvalue weighted by molar-refractivity contribution is 7.93. The lowest BCUT2D eigenvalue weighted by molar-refractivity contribution is -0.275. The Morgan fingerprint density at radius 3 is 0.960 bits per heavy atom. The quantitative estimate of drug-likeness (QED) is 0.0310. The molecule has 664 valence electrons. The second-order valence-electron chi connectivity index (χ2n) is 27.9. The van der Waals surface area contributed by atoms with Crippen LogP contribution in [0.4, 0.5) is 131 Å². The van der Waals surface area contributed by atoms with Crippen LogP contribution in [-0.4, -0.2) is 106 Å². The molecule has 8 N–H and O–H groups in total. The van der Waals surface area contributed by atoms with Crippen molar-refractivity contribution < 1.29 is 148 Å². The average Bonchev–Trinajstić information content (AvgIpc) is 1.54. The summed E-state index contributed by atoms with van der Waals surface area (Å²) in [7, 11) is -11.1. The summed E-state index contributed by atoms with van der Waals surface area (Å²) >= 11 is 0. The summed E-state index contributed by atoms with van der Waals surface area (Å²) in [5.41, 5.74) is -7.87. The molecule has 0 saturated heterocycles. The number of hydrogen-bond donors (Lipinski definition) is 8. The highest BCUT2D eigenvalue weighted by Crippen LogP contribution is 2.48. The van der Waals surface area contributed by atoms with Gasteiger partial charge in [-0.15, -0.1) is 39.5 Å². The minimum absolute atomic E-state index is 0.00583. The molecule has 3 aliphatic heterocycles. The second kappa shape index (κ2) is 34.4. The Bertz CT molecular complexity index is 5980. The summed E-state index contributed by atoms with van der Waals surface area (Å²) in [6, 6.07) is 26.7. The maximum Gasteiger partial charge on any atom is 0.573 e. The Labute approximate surface area is 692 Å². The first kappa shape index (κ1) is 93.9. The zero-order valence-electron chi connectivity index (χ0n) is 64.8. The molecule has 0 radical (unpaired) electrons. The van der Waals surface area contributed by atoms with Crippen molar-refractivity contribution in [2.75, 3.05) is 43.0 Å². The van der Waals surface area contributed by atoms with Crippen molar-refractivity contribution in [3.05, 3.63) is 220 Å². The van der Waals surface area contributed by atoms with Crippen LogP contribution in [0.3, 0.4) is 0 Å². The van der Waals surface area contributed by atoms with Gasteiger partial charge in [-0.3, -0.25) is 22.5 Å². The Hall–Kier alpha value is -12.4. The number of alkyl halides is 18. The van der Waals surface area contributed by atoms with Crippen LogP contribution in [0.15, 0.2) is 184 Å². The number of carboxylic acid groups (broad SMARTS) is 1. The Morgan fingerprint density at radius 2 is 0.702 bits per heavy atom. The van der Waals surface area contributed by atoms with Gasteiger partial charge in [-0.1, -0.05) is 69.7 Å². The number of sulfonamides is 3. The van der Waals surface area contributed by atoms with Gasteiger partial charge in [0.15, 0.2) is 11.2 Å². The minimum atomic E-state index is -5.03. The number of aromatic nitrogens is 3. The Kier molecular flexibility index (Phi) is 26.0. The third kappa shape index (κ3) is 20.3. The SMILES string of the molecule is CC(C)C(O)(C(=O)O)c1ccc2c(c1)N(S(=O)(=O)c1ccc(OC(F)(F)F)cc1)Cc1ccc(C(F)(F)F)nc1N2.CNC(=O)C(=C(C)C)c1ccc2c(c1)N(S(=O)(=O)c1ccc(OC(F)(F)F)cc1)Cc1ccc(C(F)(F)F)nc1N2.CNC(=O)C(O)(c1ccc2c(c1)N(S(=O)(=O)c1ccc(OC(F)(F)F)cc1)Cc1ccc(C(F)(F)F)nc1N2)C(C)C. The molecule has 6 aromatic carbocycles. The molecule has 2 atom stereocenters. The van der Waals surface area contributed by atoms with Gasteiger partial charge in [0.1, 0.15) is 51.8 Å². The van der Waals surface area contributed by atoms with E-state index in [1.165, 1.54) is 76.5 Å². The fourth-order valence-electron chi connectivity index (χ4n) is 12.8. The van der Waals surface area contributed by atoms with E-state index in [2.05, 4.69) is 55.7 Å². The van der Waals surface area contributed by atoms with E-state index in [1.54, 1.807) is 27.7 Å². The molecular weight excluding hydrogens is 1760 g/mol. The van der Waals surface area contributed by atoms with E-state index >= 15 is 0 Å². The number of likely N-dealkylation sites (N-methyl/N-ethyl adjacent to an activating group) is 2. The van der Waals surface area contributed by atoms with Crippen molar-refractivity contribution in [1.82, 2.24) is 25.6 Å². The summed E-state index contributed by atoms with van der Waals surface area (Å²) in [5, 5.41) is 45.1. The van der Waals surface area contributed by atoms with Crippen LogP contribution >= 0.6 is 0 Å². The molecule has 0 saturated carbocycles. The van der Waals surface area contributed by atoms with E-state index in [-0.39, 0.29) is 85.0 Å². The Balaban J connectivity index is 0.000000195. The predicted octanol–water partition coefficient (Wildman–Crippen LogP) is 16.4. The maximum atomic E-state index is 13.9. The van der Waals surface area contributed by atoms with Gasteiger partial charge in [0.2, 0.25) is 0 Å². The summed E-state index contributed by atoms with van der Waals surface area (Å²) in [5.74, 6) is -7.41. The van der Waals surface area contributed by atoms with Gasteiger partial charge in [0.05, 0.1) is 68.4 Å². The molecule has 124 heavy (non-hydrogen) atoms. The lowest BCUT2D eigenvalue weighted by Crippen LogP contribution is -2.47. The minimum Gasteiger partial charge on any atom is -0.479 e. The number of carbonyl (C=O) groups excluding carboxylic acids is 2. The number of pyridine rings is 3. The van der Waals surface area contributed by atoms with Gasteiger partial charge in [0.25, 0.3) is 41.9 Å². The number of nitrogens with one attached hydrogen (secondary N) is 5. The van der Waals surface area contributed by atoms with Gasteiger partial charge in [0, 0.05) is 36.4 Å². The first-order valence-electron chi connectivity index (χ1n) is 35.6. The first-order valence-corrected chi connectivity index (χ1v) is 40.0. The number of carbonyl (C=O) groups is 3. The van der Waals surface area contributed by atoms with E-state index in [1.807, 2.05) is 0 Å². The molecule has 0 spiro atoms. The number of aliphatic carboxylic acids is 1. The van der Waals surface area contributed by atoms with Gasteiger partial charge < -0.3 is 56.1 Å². The molecular formula is C77H67F18N11O15S3. The number of ether oxygens (including phenoxy) is 3. The summed E-state index contributed by atoms with van der Waals surface area (Å²) < 4.78 is 331. The number of amides is 2. The van der Waals surface area contributed by atoms with Crippen LogP contribution in [0.1, 0.15) is 92.0 Å². The van der Waals surface area contributed by atoms with E-state index < -0.39 is 177 Å². The fourth-order valence-corrected chi connectivity index (χ4v) is 17.1. The van der Waals surface area contributed by atoms with Crippen LogP contribution in [0, 0.1) is 11.8 Å². The van der Waals surface area contributed by atoms with Gasteiger partial charge in [-0.2, -0.15) is 39.5 Å². The van der Waals surface area contributed by atoms with E-state index in [9.17, 15) is 134 Å². The molecule has 3 aliphatic rings. The van der Waals surface area contributed by atoms with Crippen molar-refractivity contribution >= 4 is 105 Å². The number of fused-ring (bicyclic) bond motifs is 6. The number of anilines is 9. The van der Waals surface area contributed by atoms with Crippen LogP contribution < -0.4 is 53.7 Å². The third-order valence-electron chi connectivity index (χ3n) is 18.9. The lowest BCUT2D eigenvalue weighted by atomic mass is 9.82. The van der Waals surface area contributed by atoms with Crippen molar-refractivity contribution in [2.24, 2.45) is 11.8 Å². The van der Waals surface area contributed by atoms with Gasteiger partial charge in [-0.05, 0) is 170 Å². The van der Waals surface area contributed by atoms with Crippen molar-refractivity contribution in [3.8, 4) is 17.2 Å². The average molecular weight is 1820 g/mol. The Morgan fingerprint density at radius 1 is 0.411 bits per heavy atom. The number of aliphatic hydroxyl groups is 2. The van der Waals surface area contributed by atoms with Crippen molar-refractivity contribution in [3.63, 3.8) is 0 Å². The number of rotatable bonds is 17. The van der Waals surface area contributed by atoms with Gasteiger partial charge in [-0.25, -0.2) is 45.0 Å². The summed E-state index contributed by atoms with van der Waals surface area (Å²) in [4.78, 5) is 46.8. The van der Waals surface area contributed by atoms with Gasteiger partial charge >= 0.3 is 43.6 Å². The number of nitrogens with zero attached hydrogens (tertiary/aromatic N) is 6. The van der Waals surface area contributed by atoms with Crippen LogP contribution in [-0.2, 0) is 93.8 Å². The van der Waals surface area contributed by atoms with Crippen LogP contribution in [0.5, 0.6) is 17.2 Å².